The lowest BCUT2D eigenvalue weighted by molar-refractivity contribution is 0.416. The molecule has 0 spiro atoms. The molecule has 0 aliphatic heterocycles. The van der Waals surface area contributed by atoms with E-state index in [1.54, 1.807) is 7.11 Å². The Kier molecular flexibility index (Phi) is 3.70. The van der Waals surface area contributed by atoms with E-state index in [1.807, 2.05) is 54.6 Å². The first-order valence-electron chi connectivity index (χ1n) is 6.64. The summed E-state index contributed by atoms with van der Waals surface area (Å²) < 4.78 is 5.23. The molecule has 0 bridgehead atoms. The number of anilines is 1. The Balaban J connectivity index is 1.92. The first kappa shape index (κ1) is 13.6. The van der Waals surface area contributed by atoms with E-state index < -0.39 is 0 Å². The van der Waals surface area contributed by atoms with Crippen molar-refractivity contribution in [3.63, 3.8) is 0 Å². The van der Waals surface area contributed by atoms with Gasteiger partial charge in [-0.05, 0) is 24.3 Å². The zero-order chi connectivity index (χ0) is 15.4. The van der Waals surface area contributed by atoms with Gasteiger partial charge in [-0.2, -0.15) is 10.4 Å². The van der Waals surface area contributed by atoms with Gasteiger partial charge in [-0.1, -0.05) is 24.3 Å². The number of fused-ring (bicyclic) bond motifs is 1. The number of benzene rings is 2. The molecule has 0 aliphatic rings. The molecule has 2 aromatic carbocycles. The van der Waals surface area contributed by atoms with Crippen LogP contribution < -0.4 is 10.2 Å². The highest BCUT2D eigenvalue weighted by Gasteiger charge is 2.09. The second-order valence-corrected chi connectivity index (χ2v) is 4.49. The van der Waals surface area contributed by atoms with Crippen LogP contribution in [-0.4, -0.2) is 22.8 Å². The number of hydrogen-bond donors (Lipinski definition) is 2. The van der Waals surface area contributed by atoms with Gasteiger partial charge in [0.15, 0.2) is 5.82 Å². The van der Waals surface area contributed by atoms with Crippen LogP contribution in [0.25, 0.3) is 11.0 Å². The molecule has 0 atom stereocenters. The summed E-state index contributed by atoms with van der Waals surface area (Å²) >= 11 is 0. The number of ether oxygens (including phenoxy) is 1. The van der Waals surface area contributed by atoms with Crippen LogP contribution in [0.5, 0.6) is 5.75 Å². The highest BCUT2D eigenvalue weighted by atomic mass is 16.5. The molecule has 0 saturated heterocycles. The summed E-state index contributed by atoms with van der Waals surface area (Å²) in [6, 6.07) is 16.9. The standard InChI is InChI=1S/C16H13N5O/c1-22-15-9-5-4-8-13(15)20-21-14(10-17)16-18-11-6-2-3-7-12(11)19-16/h2-9,20H,1H3,(H,18,19)/b21-14-. The summed E-state index contributed by atoms with van der Waals surface area (Å²) in [5, 5.41) is 13.4. The Morgan fingerprint density at radius 3 is 2.77 bits per heavy atom. The molecule has 1 heterocycles. The lowest BCUT2D eigenvalue weighted by Crippen LogP contribution is -2.04. The number of nitrogens with zero attached hydrogens (tertiary/aromatic N) is 3. The molecule has 2 N–H and O–H groups in total. The Hall–Kier alpha value is -3.33. The van der Waals surface area contributed by atoms with Crippen LogP contribution in [0, 0.1) is 11.3 Å². The van der Waals surface area contributed by atoms with Crippen LogP contribution >= 0.6 is 0 Å². The van der Waals surface area contributed by atoms with Crippen LogP contribution in [0.2, 0.25) is 0 Å². The Morgan fingerprint density at radius 1 is 1.23 bits per heavy atom. The van der Waals surface area contributed by atoms with Gasteiger partial charge in [0.05, 0.1) is 23.8 Å². The third kappa shape index (κ3) is 2.60. The average Bonchev–Trinajstić information content (AvgIpc) is 2.99. The Labute approximate surface area is 127 Å². The molecule has 0 radical (unpaired) electrons. The number of nitrogens with one attached hydrogen (secondary N) is 2. The van der Waals surface area contributed by atoms with E-state index in [4.69, 9.17) is 4.74 Å². The predicted octanol–water partition coefficient (Wildman–Crippen LogP) is 2.91. The maximum atomic E-state index is 9.30. The second kappa shape index (κ2) is 5.97. The van der Waals surface area contributed by atoms with Gasteiger partial charge >= 0.3 is 0 Å². The summed E-state index contributed by atoms with van der Waals surface area (Å²) in [5.74, 6) is 1.07. The minimum absolute atomic E-state index is 0.169. The number of aromatic amines is 1. The number of hydrogen-bond acceptors (Lipinski definition) is 5. The zero-order valence-electron chi connectivity index (χ0n) is 11.9. The fraction of sp³-hybridized carbons (Fsp3) is 0.0625. The third-order valence-corrected chi connectivity index (χ3v) is 3.11. The van der Waals surface area contributed by atoms with E-state index in [-0.39, 0.29) is 5.71 Å². The largest absolute Gasteiger partial charge is 0.495 e. The summed E-state index contributed by atoms with van der Waals surface area (Å²) in [7, 11) is 1.58. The molecule has 22 heavy (non-hydrogen) atoms. The summed E-state index contributed by atoms with van der Waals surface area (Å²) in [5.41, 5.74) is 5.33. The van der Waals surface area contributed by atoms with Gasteiger partial charge in [-0.25, -0.2) is 4.98 Å². The molecule has 0 fully saturated rings. The zero-order valence-corrected chi connectivity index (χ0v) is 11.9. The van der Waals surface area contributed by atoms with E-state index in [1.165, 1.54) is 0 Å². The normalized spacial score (nSPS) is 11.2. The highest BCUT2D eigenvalue weighted by molar-refractivity contribution is 6.10. The molecule has 0 aliphatic carbocycles. The molecule has 0 saturated carbocycles. The summed E-state index contributed by atoms with van der Waals surface area (Å²) in [6.45, 7) is 0. The molecular weight excluding hydrogens is 278 g/mol. The summed E-state index contributed by atoms with van der Waals surface area (Å²) in [4.78, 5) is 7.43. The Bertz CT molecular complexity index is 842. The molecule has 6 heteroatoms. The first-order valence-corrected chi connectivity index (χ1v) is 6.64. The fourth-order valence-electron chi connectivity index (χ4n) is 2.05. The first-order chi connectivity index (χ1) is 10.8. The fourth-order valence-corrected chi connectivity index (χ4v) is 2.05. The topological polar surface area (TPSA) is 86.1 Å². The van der Waals surface area contributed by atoms with Crippen molar-refractivity contribution in [1.29, 1.82) is 5.26 Å². The third-order valence-electron chi connectivity index (χ3n) is 3.11. The smallest absolute Gasteiger partial charge is 0.203 e. The van der Waals surface area contributed by atoms with Crippen LogP contribution in [0.15, 0.2) is 53.6 Å². The monoisotopic (exact) mass is 291 g/mol. The molecule has 0 amide bonds. The van der Waals surface area contributed by atoms with Crippen molar-refractivity contribution in [2.75, 3.05) is 12.5 Å². The number of rotatable bonds is 4. The maximum absolute atomic E-state index is 9.30. The molecule has 0 unspecified atom stereocenters. The van der Waals surface area contributed by atoms with E-state index in [9.17, 15) is 5.26 Å². The molecule has 6 nitrogen and oxygen atoms in total. The number of imidazole rings is 1. The van der Waals surface area contributed by atoms with Crippen LogP contribution in [-0.2, 0) is 0 Å². The molecule has 1 aromatic heterocycles. The van der Waals surface area contributed by atoms with Crippen molar-refractivity contribution in [2.24, 2.45) is 5.10 Å². The van der Waals surface area contributed by atoms with Gasteiger partial charge in [-0.3, -0.25) is 5.43 Å². The number of nitriles is 1. The van der Waals surface area contributed by atoms with Crippen molar-refractivity contribution < 1.29 is 4.74 Å². The lowest BCUT2D eigenvalue weighted by atomic mass is 10.3. The van der Waals surface area contributed by atoms with Crippen molar-refractivity contribution >= 4 is 22.4 Å². The number of hydrazone groups is 1. The number of H-pyrrole nitrogens is 1. The molecule has 3 rings (SSSR count). The molecular formula is C16H13N5O. The quantitative estimate of drug-likeness (QED) is 0.571. The number of methoxy groups -OCH3 is 1. The Morgan fingerprint density at radius 2 is 2.00 bits per heavy atom. The molecule has 3 aromatic rings. The van der Waals surface area contributed by atoms with E-state index in [0.29, 0.717) is 17.3 Å². The van der Waals surface area contributed by atoms with Crippen LogP contribution in [0.4, 0.5) is 5.69 Å². The maximum Gasteiger partial charge on any atom is 0.203 e. The van der Waals surface area contributed by atoms with E-state index in [2.05, 4.69) is 20.5 Å². The van der Waals surface area contributed by atoms with Gasteiger partial charge in [0, 0.05) is 0 Å². The molecule has 108 valence electrons. The van der Waals surface area contributed by atoms with E-state index in [0.717, 1.165) is 11.0 Å². The van der Waals surface area contributed by atoms with Gasteiger partial charge in [0.1, 0.15) is 11.8 Å². The van der Waals surface area contributed by atoms with Crippen molar-refractivity contribution in [3.05, 3.63) is 54.4 Å². The minimum Gasteiger partial charge on any atom is -0.495 e. The SMILES string of the molecule is COc1ccccc1N/N=C(/C#N)c1nc2ccccc2[nH]1. The van der Waals surface area contributed by atoms with Crippen LogP contribution in [0.3, 0.4) is 0 Å². The number of aromatic nitrogens is 2. The number of para-hydroxylation sites is 4. The van der Waals surface area contributed by atoms with Gasteiger partial charge < -0.3 is 9.72 Å². The predicted molar refractivity (Wildman–Crippen MR) is 84.9 cm³/mol. The lowest BCUT2D eigenvalue weighted by Gasteiger charge is -2.06. The second-order valence-electron chi connectivity index (χ2n) is 4.49. The van der Waals surface area contributed by atoms with Crippen molar-refractivity contribution in [1.82, 2.24) is 9.97 Å². The van der Waals surface area contributed by atoms with Crippen molar-refractivity contribution in [2.45, 2.75) is 0 Å². The van der Waals surface area contributed by atoms with Gasteiger partial charge in [-0.15, -0.1) is 0 Å². The van der Waals surface area contributed by atoms with Gasteiger partial charge in [0.2, 0.25) is 5.71 Å². The average molecular weight is 291 g/mol. The van der Waals surface area contributed by atoms with Crippen molar-refractivity contribution in [3.8, 4) is 11.8 Å². The summed E-state index contributed by atoms with van der Waals surface area (Å²) in [6.07, 6.45) is 0. The minimum atomic E-state index is 0.169. The highest BCUT2D eigenvalue weighted by Crippen LogP contribution is 2.23. The van der Waals surface area contributed by atoms with Crippen LogP contribution in [0.1, 0.15) is 5.82 Å². The van der Waals surface area contributed by atoms with E-state index >= 15 is 0 Å². The van der Waals surface area contributed by atoms with Gasteiger partial charge in [0.25, 0.3) is 0 Å².